The van der Waals surface area contributed by atoms with Crippen molar-refractivity contribution in [2.24, 2.45) is 11.8 Å². The van der Waals surface area contributed by atoms with Crippen molar-refractivity contribution in [2.75, 3.05) is 0 Å². The van der Waals surface area contributed by atoms with Crippen LogP contribution in [0.25, 0.3) is 0 Å². The zero-order valence-electron chi connectivity index (χ0n) is 21.9. The number of carboxylic acids is 4. The number of rotatable bonds is 24. The van der Waals surface area contributed by atoms with Gasteiger partial charge in [-0.15, -0.1) is 0 Å². The van der Waals surface area contributed by atoms with E-state index in [1.807, 2.05) is 0 Å². The Labute approximate surface area is 219 Å². The van der Waals surface area contributed by atoms with E-state index in [2.05, 4.69) is 19.1 Å². The summed E-state index contributed by atoms with van der Waals surface area (Å²) >= 11 is 0. The maximum atomic E-state index is 12.3. The lowest BCUT2D eigenvalue weighted by Gasteiger charge is -2.27. The molecule has 2 unspecified atom stereocenters. The number of aliphatic carboxylic acids is 4. The van der Waals surface area contributed by atoms with Crippen molar-refractivity contribution in [3.63, 3.8) is 0 Å². The molecule has 0 spiro atoms. The fourth-order valence-corrected chi connectivity index (χ4v) is 4.06. The van der Waals surface area contributed by atoms with Gasteiger partial charge in [0.1, 0.15) is 17.9 Å². The predicted octanol–water partition coefficient (Wildman–Crippen LogP) is 5.29. The van der Waals surface area contributed by atoms with Crippen molar-refractivity contribution in [2.45, 2.75) is 116 Å². The third kappa shape index (κ3) is 18.1. The summed E-state index contributed by atoms with van der Waals surface area (Å²) in [7, 11) is 0. The highest BCUT2D eigenvalue weighted by atomic mass is 16.5. The second-order valence-electron chi connectivity index (χ2n) is 9.37. The Morgan fingerprint density at radius 3 is 1.43 bits per heavy atom. The van der Waals surface area contributed by atoms with Gasteiger partial charge in [0, 0.05) is 6.42 Å². The number of carboxylic acid groups (broad SMARTS) is 4. The normalized spacial score (nSPS) is 13.6. The Balaban J connectivity index is 4.45. The minimum atomic E-state index is -1.92. The number of hydrogen-bond donors (Lipinski definition) is 4. The maximum Gasteiger partial charge on any atom is 0.310 e. The van der Waals surface area contributed by atoms with Crippen LogP contribution >= 0.6 is 0 Å². The van der Waals surface area contributed by atoms with Crippen LogP contribution in [0.2, 0.25) is 0 Å². The van der Waals surface area contributed by atoms with Crippen molar-refractivity contribution in [3.8, 4) is 0 Å². The first-order valence-electron chi connectivity index (χ1n) is 13.3. The number of ether oxygens (including phenoxy) is 1. The summed E-state index contributed by atoms with van der Waals surface area (Å²) in [5.41, 5.74) is 0. The summed E-state index contributed by atoms with van der Waals surface area (Å²) in [4.78, 5) is 57.6. The molecule has 0 rings (SSSR count). The van der Waals surface area contributed by atoms with Gasteiger partial charge >= 0.3 is 29.8 Å². The highest BCUT2D eigenvalue weighted by molar-refractivity contribution is 5.83. The van der Waals surface area contributed by atoms with Crippen LogP contribution in [0.5, 0.6) is 0 Å². The van der Waals surface area contributed by atoms with Crippen molar-refractivity contribution in [1.29, 1.82) is 0 Å². The van der Waals surface area contributed by atoms with Gasteiger partial charge in [-0.2, -0.15) is 0 Å². The molecule has 212 valence electrons. The molecule has 0 aromatic rings. The molecule has 0 aromatic heterocycles. The van der Waals surface area contributed by atoms with Gasteiger partial charge in [0.2, 0.25) is 0 Å². The number of carbonyl (C=O) groups excluding carboxylic acids is 1. The van der Waals surface area contributed by atoms with Gasteiger partial charge in [-0.25, -0.2) is 0 Å². The van der Waals surface area contributed by atoms with Crippen LogP contribution in [0.3, 0.4) is 0 Å². The van der Waals surface area contributed by atoms with E-state index in [1.54, 1.807) is 0 Å². The Bertz CT molecular complexity index is 697. The Morgan fingerprint density at radius 1 is 0.622 bits per heavy atom. The standard InChI is InChI=1S/C27H44O10/c1-2-3-4-5-6-7-8-9-10-11-12-13-14-15-16-17-24(32)37-25(20(26(33)34)18-22(28)29)21(27(35)36)19-23(30)31/h9-10,20-21,25H,2-8,11-19H2,1H3,(H,28,29)(H,30,31)(H,33,34)(H,35,36)/b10-9-. The molecule has 0 saturated carbocycles. The second kappa shape index (κ2) is 21.2. The summed E-state index contributed by atoms with van der Waals surface area (Å²) in [6.45, 7) is 2.21. The molecule has 0 aromatic carbocycles. The van der Waals surface area contributed by atoms with E-state index in [0.717, 1.165) is 38.5 Å². The van der Waals surface area contributed by atoms with Crippen LogP contribution in [0.15, 0.2) is 12.2 Å². The van der Waals surface area contributed by atoms with E-state index in [9.17, 15) is 34.2 Å². The van der Waals surface area contributed by atoms with Crippen LogP contribution in [0.1, 0.15) is 110 Å². The lowest BCUT2D eigenvalue weighted by Crippen LogP contribution is -2.43. The molecule has 2 atom stereocenters. The molecule has 0 saturated heterocycles. The van der Waals surface area contributed by atoms with Gasteiger partial charge < -0.3 is 25.2 Å². The molecule has 0 radical (unpaired) electrons. The SMILES string of the molecule is CCCCCCCC/C=C\CCCCCCCC(=O)OC(C(CC(=O)O)C(=O)O)C(CC(=O)O)C(=O)O. The van der Waals surface area contributed by atoms with Gasteiger partial charge in [0.15, 0.2) is 0 Å². The monoisotopic (exact) mass is 528 g/mol. The zero-order chi connectivity index (χ0) is 28.1. The zero-order valence-corrected chi connectivity index (χ0v) is 21.9. The molecular weight excluding hydrogens is 484 g/mol. The average Bonchev–Trinajstić information content (AvgIpc) is 2.81. The van der Waals surface area contributed by atoms with Crippen LogP contribution in [-0.4, -0.2) is 56.4 Å². The number of allylic oxidation sites excluding steroid dienone is 2. The molecule has 0 aliphatic heterocycles. The highest BCUT2D eigenvalue weighted by Gasteiger charge is 2.43. The summed E-state index contributed by atoms with van der Waals surface area (Å²) < 4.78 is 5.08. The molecule has 0 aliphatic rings. The van der Waals surface area contributed by atoms with Gasteiger partial charge in [0.25, 0.3) is 0 Å². The summed E-state index contributed by atoms with van der Waals surface area (Å²) in [5, 5.41) is 36.8. The number of esters is 1. The van der Waals surface area contributed by atoms with Gasteiger partial charge in [-0.1, -0.05) is 70.4 Å². The lowest BCUT2D eigenvalue weighted by atomic mass is 9.86. The van der Waals surface area contributed by atoms with Crippen LogP contribution in [0, 0.1) is 11.8 Å². The lowest BCUT2D eigenvalue weighted by molar-refractivity contribution is -0.173. The third-order valence-corrected chi connectivity index (χ3v) is 6.13. The van der Waals surface area contributed by atoms with Gasteiger partial charge in [0.05, 0.1) is 12.8 Å². The van der Waals surface area contributed by atoms with Crippen LogP contribution in [0.4, 0.5) is 0 Å². The molecular formula is C27H44O10. The largest absolute Gasteiger partial charge is 0.481 e. The minimum Gasteiger partial charge on any atom is -0.481 e. The second-order valence-corrected chi connectivity index (χ2v) is 9.37. The van der Waals surface area contributed by atoms with Crippen molar-refractivity contribution in [3.05, 3.63) is 12.2 Å². The van der Waals surface area contributed by atoms with E-state index < -0.39 is 60.6 Å². The number of hydrogen-bond acceptors (Lipinski definition) is 6. The van der Waals surface area contributed by atoms with E-state index >= 15 is 0 Å². The molecule has 10 heteroatoms. The highest BCUT2D eigenvalue weighted by Crippen LogP contribution is 2.25. The average molecular weight is 529 g/mol. The molecule has 0 bridgehead atoms. The molecule has 4 N–H and O–H groups in total. The van der Waals surface area contributed by atoms with Gasteiger partial charge in [-0.3, -0.25) is 24.0 Å². The fourth-order valence-electron chi connectivity index (χ4n) is 4.06. The minimum absolute atomic E-state index is 0.104. The van der Waals surface area contributed by atoms with Crippen molar-refractivity contribution >= 4 is 29.8 Å². The van der Waals surface area contributed by atoms with E-state index in [1.165, 1.54) is 38.5 Å². The summed E-state index contributed by atoms with van der Waals surface area (Å²) in [6, 6.07) is 0. The van der Waals surface area contributed by atoms with Crippen LogP contribution < -0.4 is 0 Å². The number of carbonyl (C=O) groups is 5. The smallest absolute Gasteiger partial charge is 0.310 e. The van der Waals surface area contributed by atoms with Crippen LogP contribution in [-0.2, 0) is 28.7 Å². The Kier molecular flexibility index (Phi) is 19.5. The number of unbranched alkanes of at least 4 members (excludes halogenated alkanes) is 11. The fraction of sp³-hybridized carbons (Fsp3) is 0.741. The molecule has 0 fully saturated rings. The third-order valence-electron chi connectivity index (χ3n) is 6.13. The maximum absolute atomic E-state index is 12.3. The predicted molar refractivity (Wildman–Crippen MR) is 136 cm³/mol. The Morgan fingerprint density at radius 2 is 1.03 bits per heavy atom. The summed E-state index contributed by atoms with van der Waals surface area (Å²) in [5.74, 6) is -11.1. The van der Waals surface area contributed by atoms with Gasteiger partial charge in [-0.05, 0) is 32.1 Å². The molecule has 10 nitrogen and oxygen atoms in total. The van der Waals surface area contributed by atoms with Crippen molar-refractivity contribution in [1.82, 2.24) is 0 Å². The Hall–Kier alpha value is -2.91. The first-order chi connectivity index (χ1) is 17.6. The topological polar surface area (TPSA) is 176 Å². The molecule has 0 aliphatic carbocycles. The van der Waals surface area contributed by atoms with E-state index in [-0.39, 0.29) is 6.42 Å². The summed E-state index contributed by atoms with van der Waals surface area (Å²) in [6.07, 6.45) is 14.3. The molecule has 0 heterocycles. The quantitative estimate of drug-likeness (QED) is 0.0731. The first-order valence-corrected chi connectivity index (χ1v) is 13.3. The van der Waals surface area contributed by atoms with Crippen molar-refractivity contribution < 1.29 is 49.1 Å². The van der Waals surface area contributed by atoms with E-state index in [4.69, 9.17) is 14.9 Å². The molecule has 37 heavy (non-hydrogen) atoms. The first kappa shape index (κ1) is 34.1. The van der Waals surface area contributed by atoms with E-state index in [0.29, 0.717) is 6.42 Å². The molecule has 0 amide bonds.